The van der Waals surface area contributed by atoms with Crippen LogP contribution >= 0.6 is 15.9 Å². The van der Waals surface area contributed by atoms with Crippen molar-refractivity contribution >= 4 is 15.9 Å². The van der Waals surface area contributed by atoms with Gasteiger partial charge in [-0.25, -0.2) is 4.98 Å². The van der Waals surface area contributed by atoms with Gasteiger partial charge in [-0.2, -0.15) is 0 Å². The normalized spacial score (nSPS) is 11.7. The topological polar surface area (TPSA) is 17.8 Å². The number of aromatic nitrogens is 2. The van der Waals surface area contributed by atoms with Crippen molar-refractivity contribution in [2.75, 3.05) is 0 Å². The van der Waals surface area contributed by atoms with Crippen LogP contribution in [0, 0.1) is 5.92 Å². The van der Waals surface area contributed by atoms with Crippen LogP contribution in [0.1, 0.15) is 36.1 Å². The fourth-order valence-corrected chi connectivity index (χ4v) is 4.45. The van der Waals surface area contributed by atoms with Crippen molar-refractivity contribution in [2.45, 2.75) is 25.8 Å². The largest absolute Gasteiger partial charge is 0.318 e. The average Bonchev–Trinajstić information content (AvgIpc) is 3.17. The molecule has 0 amide bonds. The van der Waals surface area contributed by atoms with E-state index in [1.165, 1.54) is 22.3 Å². The molecule has 0 radical (unpaired) electrons. The van der Waals surface area contributed by atoms with E-state index in [9.17, 15) is 0 Å². The van der Waals surface area contributed by atoms with E-state index in [0.717, 1.165) is 11.0 Å². The van der Waals surface area contributed by atoms with E-state index in [1.807, 2.05) is 6.33 Å². The number of hydrogen-bond donors (Lipinski definition) is 0. The lowest BCUT2D eigenvalue weighted by Gasteiger charge is -2.37. The van der Waals surface area contributed by atoms with E-state index >= 15 is 0 Å². The van der Waals surface area contributed by atoms with Crippen molar-refractivity contribution in [2.24, 2.45) is 5.92 Å². The number of imidazole rings is 1. The van der Waals surface area contributed by atoms with Crippen molar-refractivity contribution in [1.82, 2.24) is 9.55 Å². The van der Waals surface area contributed by atoms with E-state index < -0.39 is 5.54 Å². The van der Waals surface area contributed by atoms with Gasteiger partial charge in [0.2, 0.25) is 0 Å². The highest BCUT2D eigenvalue weighted by Gasteiger charge is 2.38. The quantitative estimate of drug-likeness (QED) is 0.303. The molecular weight excluding hydrogens is 420 g/mol. The first-order valence-corrected chi connectivity index (χ1v) is 10.8. The molecule has 0 N–H and O–H groups in total. The first-order chi connectivity index (χ1) is 14.1. The summed E-state index contributed by atoms with van der Waals surface area (Å²) >= 11 is 3.55. The zero-order valence-corrected chi connectivity index (χ0v) is 18.4. The van der Waals surface area contributed by atoms with Gasteiger partial charge in [-0.15, -0.1) is 0 Å². The molecule has 0 fully saturated rings. The number of benzene rings is 3. The Morgan fingerprint density at radius 3 is 1.76 bits per heavy atom. The van der Waals surface area contributed by atoms with Crippen LogP contribution in [0.25, 0.3) is 0 Å². The molecule has 146 valence electrons. The smallest absolute Gasteiger partial charge is 0.124 e. The summed E-state index contributed by atoms with van der Waals surface area (Å²) in [7, 11) is 0. The van der Waals surface area contributed by atoms with Gasteiger partial charge in [-0.3, -0.25) is 0 Å². The Bertz CT molecular complexity index is 1010. The van der Waals surface area contributed by atoms with Crippen LogP contribution in [-0.2, 0) is 12.0 Å². The molecule has 0 aliphatic carbocycles. The number of halogens is 1. The highest BCUT2D eigenvalue weighted by Crippen LogP contribution is 2.41. The second-order valence-corrected chi connectivity index (χ2v) is 8.65. The minimum Gasteiger partial charge on any atom is -0.318 e. The average molecular weight is 445 g/mol. The molecule has 4 aromatic rings. The van der Waals surface area contributed by atoms with Crippen molar-refractivity contribution in [3.05, 3.63) is 124 Å². The van der Waals surface area contributed by atoms with Gasteiger partial charge >= 0.3 is 0 Å². The van der Waals surface area contributed by atoms with E-state index in [-0.39, 0.29) is 0 Å². The Morgan fingerprint density at radius 1 is 0.793 bits per heavy atom. The van der Waals surface area contributed by atoms with Gasteiger partial charge in [-0.05, 0) is 50.5 Å². The Labute approximate surface area is 181 Å². The number of rotatable bonds is 6. The predicted molar refractivity (Wildman–Crippen MR) is 123 cm³/mol. The molecule has 2 nitrogen and oxygen atoms in total. The van der Waals surface area contributed by atoms with E-state index in [0.29, 0.717) is 5.92 Å². The molecule has 0 atom stereocenters. The van der Waals surface area contributed by atoms with Gasteiger partial charge in [-0.1, -0.05) is 98.8 Å². The molecule has 29 heavy (non-hydrogen) atoms. The summed E-state index contributed by atoms with van der Waals surface area (Å²) in [6.45, 7) is 4.52. The summed E-state index contributed by atoms with van der Waals surface area (Å²) < 4.78 is 3.03. The summed E-state index contributed by atoms with van der Waals surface area (Å²) in [5.74, 6) is 0.637. The molecule has 0 aliphatic heterocycles. The molecule has 0 spiro atoms. The van der Waals surface area contributed by atoms with E-state index in [4.69, 9.17) is 0 Å². The maximum absolute atomic E-state index is 4.50. The fraction of sp³-hybridized carbons (Fsp3) is 0.192. The standard InChI is InChI=1S/C26H25BrN2/c1-20(2)17-21-13-15-24(16-14-21)26(22-9-5-3-6-10-22,23-11-7-4-8-12-23)29-18-25(27)28-19-29/h3-16,18-20H,17H2,1-2H3. The molecular formula is C26H25BrN2. The SMILES string of the molecule is CC(C)Cc1ccc(C(c2ccccc2)(c2ccccc2)n2cnc(Br)c2)cc1. The van der Waals surface area contributed by atoms with Crippen LogP contribution in [0.5, 0.6) is 0 Å². The van der Waals surface area contributed by atoms with Crippen LogP contribution in [0.3, 0.4) is 0 Å². The second kappa shape index (κ2) is 8.38. The van der Waals surface area contributed by atoms with Gasteiger partial charge in [0.25, 0.3) is 0 Å². The molecule has 3 heteroatoms. The Balaban J connectivity index is 2.00. The Kier molecular flexibility index (Phi) is 5.68. The third kappa shape index (κ3) is 3.79. The highest BCUT2D eigenvalue weighted by atomic mass is 79.9. The van der Waals surface area contributed by atoms with Crippen LogP contribution in [0.2, 0.25) is 0 Å². The van der Waals surface area contributed by atoms with Crippen molar-refractivity contribution < 1.29 is 0 Å². The molecule has 4 rings (SSSR count). The molecule has 0 saturated heterocycles. The summed E-state index contributed by atoms with van der Waals surface area (Å²) in [5.41, 5.74) is 4.48. The molecule has 0 saturated carbocycles. The molecule has 0 bridgehead atoms. The third-order valence-corrected chi connectivity index (χ3v) is 5.75. The van der Waals surface area contributed by atoms with Gasteiger partial charge < -0.3 is 4.57 Å². The van der Waals surface area contributed by atoms with Crippen LogP contribution in [-0.4, -0.2) is 9.55 Å². The lowest BCUT2D eigenvalue weighted by molar-refractivity contribution is 0.514. The summed E-state index contributed by atoms with van der Waals surface area (Å²) in [6.07, 6.45) is 5.05. The minimum absolute atomic E-state index is 0.502. The molecule has 0 unspecified atom stereocenters. The number of hydrogen-bond acceptors (Lipinski definition) is 1. The van der Waals surface area contributed by atoms with E-state index in [1.54, 1.807) is 0 Å². The lowest BCUT2D eigenvalue weighted by atomic mass is 9.76. The fourth-order valence-electron chi connectivity index (χ4n) is 4.14. The first kappa shape index (κ1) is 19.7. The molecule has 3 aromatic carbocycles. The first-order valence-electron chi connectivity index (χ1n) is 10.0. The molecule has 0 aliphatic rings. The van der Waals surface area contributed by atoms with Crippen LogP contribution in [0.4, 0.5) is 0 Å². The zero-order chi connectivity index (χ0) is 20.3. The van der Waals surface area contributed by atoms with Gasteiger partial charge in [0.15, 0.2) is 0 Å². The predicted octanol–water partition coefficient (Wildman–Crippen LogP) is 6.68. The summed E-state index contributed by atoms with van der Waals surface area (Å²) in [4.78, 5) is 4.50. The van der Waals surface area contributed by atoms with Crippen molar-refractivity contribution in [3.63, 3.8) is 0 Å². The maximum atomic E-state index is 4.50. The molecule has 1 heterocycles. The van der Waals surface area contributed by atoms with Gasteiger partial charge in [0, 0.05) is 6.20 Å². The Hall–Kier alpha value is -2.65. The lowest BCUT2D eigenvalue weighted by Crippen LogP contribution is -2.37. The Morgan fingerprint density at radius 2 is 1.31 bits per heavy atom. The summed E-state index contributed by atoms with van der Waals surface area (Å²) in [5, 5.41) is 0. The second-order valence-electron chi connectivity index (χ2n) is 7.84. The minimum atomic E-state index is -0.502. The van der Waals surface area contributed by atoms with Crippen molar-refractivity contribution in [3.8, 4) is 0 Å². The third-order valence-electron chi connectivity index (χ3n) is 5.34. The maximum Gasteiger partial charge on any atom is 0.124 e. The van der Waals surface area contributed by atoms with Gasteiger partial charge in [0.1, 0.15) is 10.1 Å². The van der Waals surface area contributed by atoms with Crippen LogP contribution < -0.4 is 0 Å². The van der Waals surface area contributed by atoms with Gasteiger partial charge in [0.05, 0.1) is 6.33 Å². The highest BCUT2D eigenvalue weighted by molar-refractivity contribution is 9.10. The van der Waals surface area contributed by atoms with Crippen LogP contribution in [0.15, 0.2) is 102 Å². The van der Waals surface area contributed by atoms with E-state index in [2.05, 4.69) is 130 Å². The zero-order valence-electron chi connectivity index (χ0n) is 16.8. The molecule has 1 aromatic heterocycles. The summed E-state index contributed by atoms with van der Waals surface area (Å²) in [6, 6.07) is 30.4. The number of nitrogens with zero attached hydrogens (tertiary/aromatic N) is 2. The monoisotopic (exact) mass is 444 g/mol. The van der Waals surface area contributed by atoms with Crippen molar-refractivity contribution in [1.29, 1.82) is 0 Å².